The van der Waals surface area contributed by atoms with Crippen molar-refractivity contribution >= 4 is 23.4 Å². The first-order chi connectivity index (χ1) is 13.8. The molecule has 29 heavy (non-hydrogen) atoms. The third-order valence-electron chi connectivity index (χ3n) is 4.58. The zero-order valence-electron chi connectivity index (χ0n) is 15.3. The number of nitriles is 1. The van der Waals surface area contributed by atoms with Crippen molar-refractivity contribution in [3.63, 3.8) is 0 Å². The van der Waals surface area contributed by atoms with Gasteiger partial charge in [-0.3, -0.25) is 14.3 Å². The summed E-state index contributed by atoms with van der Waals surface area (Å²) >= 11 is 5.85. The Morgan fingerprint density at radius 1 is 1.34 bits per heavy atom. The van der Waals surface area contributed by atoms with Gasteiger partial charge < -0.3 is 10.2 Å². The molecule has 152 valence electrons. The monoisotopic (exact) mass is 421 g/mol. The highest BCUT2D eigenvalue weighted by molar-refractivity contribution is 6.30. The summed E-state index contributed by atoms with van der Waals surface area (Å²) in [7, 11) is 0. The van der Waals surface area contributed by atoms with Crippen LogP contribution in [0.25, 0.3) is 0 Å². The molecule has 2 amide bonds. The smallest absolute Gasteiger partial charge is 0.268 e. The van der Waals surface area contributed by atoms with E-state index in [-0.39, 0.29) is 5.56 Å². The van der Waals surface area contributed by atoms with E-state index in [0.717, 1.165) is 10.5 Å². The second kappa shape index (κ2) is 8.57. The van der Waals surface area contributed by atoms with Crippen molar-refractivity contribution in [1.29, 1.82) is 5.26 Å². The van der Waals surface area contributed by atoms with Gasteiger partial charge in [-0.2, -0.15) is 10.4 Å². The summed E-state index contributed by atoms with van der Waals surface area (Å²) in [6, 6.07) is 7.90. The Morgan fingerprint density at radius 2 is 2.07 bits per heavy atom. The predicted octanol–water partition coefficient (Wildman–Crippen LogP) is 2.27. The number of aromatic nitrogens is 2. The first-order valence-electron chi connectivity index (χ1n) is 8.89. The van der Waals surface area contributed by atoms with Crippen LogP contribution < -0.4 is 5.32 Å². The molecule has 0 spiro atoms. The summed E-state index contributed by atoms with van der Waals surface area (Å²) < 4.78 is 28.4. The van der Waals surface area contributed by atoms with Gasteiger partial charge in [0, 0.05) is 24.2 Å². The van der Waals surface area contributed by atoms with Crippen molar-refractivity contribution < 1.29 is 18.4 Å². The second-order valence-electron chi connectivity index (χ2n) is 6.78. The minimum Gasteiger partial charge on any atom is -0.343 e. The van der Waals surface area contributed by atoms with Gasteiger partial charge in [0.05, 0.1) is 30.9 Å². The second-order valence-corrected chi connectivity index (χ2v) is 7.21. The van der Waals surface area contributed by atoms with Gasteiger partial charge in [-0.05, 0) is 24.1 Å². The van der Waals surface area contributed by atoms with Gasteiger partial charge in [0.1, 0.15) is 6.04 Å². The van der Waals surface area contributed by atoms with Crippen molar-refractivity contribution in [2.45, 2.75) is 31.4 Å². The maximum atomic E-state index is 13.4. The molecule has 2 heterocycles. The highest BCUT2D eigenvalue weighted by Gasteiger charge is 2.47. The van der Waals surface area contributed by atoms with Gasteiger partial charge in [-0.1, -0.05) is 23.7 Å². The number of carbonyl (C=O) groups excluding carboxylic acids is 2. The zero-order valence-corrected chi connectivity index (χ0v) is 16.1. The maximum Gasteiger partial charge on any atom is 0.268 e. The quantitative estimate of drug-likeness (QED) is 0.774. The van der Waals surface area contributed by atoms with E-state index in [2.05, 4.69) is 10.4 Å². The van der Waals surface area contributed by atoms with E-state index in [4.69, 9.17) is 16.9 Å². The van der Waals surface area contributed by atoms with Crippen LogP contribution in [0, 0.1) is 11.3 Å². The Labute approximate surface area is 170 Å². The van der Waals surface area contributed by atoms with E-state index in [1.54, 1.807) is 22.9 Å². The van der Waals surface area contributed by atoms with Crippen molar-refractivity contribution in [3.8, 4) is 6.07 Å². The number of nitrogens with zero attached hydrogens (tertiary/aromatic N) is 4. The maximum absolute atomic E-state index is 13.4. The molecule has 1 aromatic carbocycles. The molecule has 1 fully saturated rings. The third-order valence-corrected chi connectivity index (χ3v) is 4.83. The van der Waals surface area contributed by atoms with Crippen LogP contribution >= 0.6 is 11.6 Å². The van der Waals surface area contributed by atoms with E-state index in [1.807, 2.05) is 12.1 Å². The number of hydrogen-bond acceptors (Lipinski definition) is 4. The predicted molar refractivity (Wildman–Crippen MR) is 100 cm³/mol. The molecule has 2 aromatic rings. The largest absolute Gasteiger partial charge is 0.343 e. The van der Waals surface area contributed by atoms with Crippen LogP contribution in [0.4, 0.5) is 8.78 Å². The van der Waals surface area contributed by atoms with Gasteiger partial charge in [-0.25, -0.2) is 8.78 Å². The van der Waals surface area contributed by atoms with Gasteiger partial charge in [0.25, 0.3) is 11.8 Å². The number of nitrogens with one attached hydrogen (secondary N) is 1. The van der Waals surface area contributed by atoms with Crippen molar-refractivity contribution in [3.05, 3.63) is 52.8 Å². The fraction of sp³-hybridized carbons (Fsp3) is 0.368. The molecule has 1 aliphatic rings. The van der Waals surface area contributed by atoms with Crippen LogP contribution in [0.3, 0.4) is 0 Å². The fourth-order valence-electron chi connectivity index (χ4n) is 3.05. The minimum absolute atomic E-state index is 0.248. The van der Waals surface area contributed by atoms with E-state index < -0.39 is 43.3 Å². The zero-order chi connectivity index (χ0) is 21.0. The minimum atomic E-state index is -3.09. The lowest BCUT2D eigenvalue weighted by molar-refractivity contribution is -0.131. The number of likely N-dealkylation sites (tertiary alicyclic amines) is 1. The SMILES string of the molecule is N#C[C@@H]1CC(F)(F)CN1C(=O)CNC(=O)c1cnn(CCc2ccc(Cl)cc2)c1. The lowest BCUT2D eigenvalue weighted by Crippen LogP contribution is -2.42. The number of hydrogen-bond donors (Lipinski definition) is 1. The first kappa shape index (κ1) is 20.7. The van der Waals surface area contributed by atoms with Crippen LogP contribution in [-0.4, -0.2) is 51.5 Å². The Hall–Kier alpha value is -2.99. The van der Waals surface area contributed by atoms with E-state index in [9.17, 15) is 18.4 Å². The van der Waals surface area contributed by atoms with Crippen LogP contribution in [0.5, 0.6) is 0 Å². The number of benzene rings is 1. The molecule has 7 nitrogen and oxygen atoms in total. The first-order valence-corrected chi connectivity index (χ1v) is 9.27. The van der Waals surface area contributed by atoms with Gasteiger partial charge in [-0.15, -0.1) is 0 Å². The molecule has 0 bridgehead atoms. The normalized spacial score (nSPS) is 17.7. The molecule has 1 atom stereocenters. The highest BCUT2D eigenvalue weighted by Crippen LogP contribution is 2.31. The summed E-state index contributed by atoms with van der Waals surface area (Å²) in [4.78, 5) is 25.1. The van der Waals surface area contributed by atoms with Crippen molar-refractivity contribution in [1.82, 2.24) is 20.0 Å². The van der Waals surface area contributed by atoms with Crippen LogP contribution in [0.2, 0.25) is 5.02 Å². The summed E-state index contributed by atoms with van der Waals surface area (Å²) in [5.74, 6) is -4.36. The molecule has 3 rings (SSSR count). The molecular formula is C19H18ClF2N5O2. The standard InChI is InChI=1S/C19H18ClF2N5O2/c20-15-3-1-13(2-4-15)5-6-26-11-14(9-25-26)18(29)24-10-17(28)27-12-19(21,22)7-16(27)8-23/h1-4,9,11,16H,5-7,10,12H2,(H,24,29)/t16-/m0/s1. The van der Waals surface area contributed by atoms with Gasteiger partial charge in [0.2, 0.25) is 5.91 Å². The van der Waals surface area contributed by atoms with E-state index in [1.165, 1.54) is 12.4 Å². The Morgan fingerprint density at radius 3 is 2.76 bits per heavy atom. The fourth-order valence-corrected chi connectivity index (χ4v) is 3.18. The molecule has 10 heteroatoms. The molecule has 0 aliphatic carbocycles. The molecule has 1 N–H and O–H groups in total. The molecule has 0 radical (unpaired) electrons. The molecular weight excluding hydrogens is 404 g/mol. The highest BCUT2D eigenvalue weighted by atomic mass is 35.5. The van der Waals surface area contributed by atoms with E-state index in [0.29, 0.717) is 18.0 Å². The third kappa shape index (κ3) is 5.29. The average molecular weight is 422 g/mol. The molecule has 0 saturated carbocycles. The molecule has 1 aliphatic heterocycles. The lowest BCUT2D eigenvalue weighted by Gasteiger charge is -2.19. The summed E-state index contributed by atoms with van der Waals surface area (Å²) in [6.45, 7) is -0.744. The van der Waals surface area contributed by atoms with Crippen LogP contribution in [0.15, 0.2) is 36.7 Å². The molecule has 1 saturated heterocycles. The van der Waals surface area contributed by atoms with Gasteiger partial charge in [0.15, 0.2) is 0 Å². The Balaban J connectivity index is 1.50. The average Bonchev–Trinajstić information content (AvgIpc) is 3.29. The topological polar surface area (TPSA) is 91.0 Å². The summed E-state index contributed by atoms with van der Waals surface area (Å²) in [6.07, 6.45) is 2.91. The van der Waals surface area contributed by atoms with Crippen molar-refractivity contribution in [2.24, 2.45) is 0 Å². The number of carbonyl (C=O) groups is 2. The Kier molecular flexibility index (Phi) is 6.13. The van der Waals surface area contributed by atoms with Crippen LogP contribution in [0.1, 0.15) is 22.3 Å². The van der Waals surface area contributed by atoms with Crippen molar-refractivity contribution in [2.75, 3.05) is 13.1 Å². The molecule has 1 aromatic heterocycles. The summed E-state index contributed by atoms with van der Waals surface area (Å²) in [5.41, 5.74) is 1.31. The number of amides is 2. The number of alkyl halides is 2. The summed E-state index contributed by atoms with van der Waals surface area (Å²) in [5, 5.41) is 16.1. The lowest BCUT2D eigenvalue weighted by atomic mass is 10.1. The molecule has 0 unspecified atom stereocenters. The van der Waals surface area contributed by atoms with Gasteiger partial charge >= 0.3 is 0 Å². The Bertz CT molecular complexity index is 939. The number of rotatable bonds is 6. The van der Waals surface area contributed by atoms with E-state index >= 15 is 0 Å². The number of aryl methyl sites for hydroxylation is 2. The van der Waals surface area contributed by atoms with Crippen LogP contribution in [-0.2, 0) is 17.8 Å². The number of halogens is 3.